The van der Waals surface area contributed by atoms with Gasteiger partial charge >= 0.3 is 0 Å². The summed E-state index contributed by atoms with van der Waals surface area (Å²) < 4.78 is 0. The third-order valence-corrected chi connectivity index (χ3v) is 0.815. The van der Waals surface area contributed by atoms with Crippen LogP contribution in [0.25, 0.3) is 0 Å². The van der Waals surface area contributed by atoms with E-state index < -0.39 is 5.91 Å². The standard InChI is InChI=1S/C6H9NO.C2H6/c1-3-5(4-2)6(7)8;1-2/h3-4H,1H2,2H3,(H2,7,8);1-2H3/b5-4+;. The molecular formula is C8H15NO. The molecule has 0 saturated heterocycles. The fraction of sp³-hybridized carbons (Fsp3) is 0.375. The SMILES string of the molecule is C=C/C(=C\C)C(N)=O.CC. The lowest BCUT2D eigenvalue weighted by atomic mass is 10.2. The molecule has 0 aliphatic rings. The van der Waals surface area contributed by atoms with Gasteiger partial charge in [-0.05, 0) is 6.92 Å². The highest BCUT2D eigenvalue weighted by molar-refractivity contribution is 5.94. The van der Waals surface area contributed by atoms with E-state index in [9.17, 15) is 4.79 Å². The number of hydrogen-bond acceptors (Lipinski definition) is 1. The highest BCUT2D eigenvalue weighted by Crippen LogP contribution is 1.90. The highest BCUT2D eigenvalue weighted by Gasteiger charge is 1.93. The summed E-state index contributed by atoms with van der Waals surface area (Å²) in [7, 11) is 0. The zero-order valence-electron chi connectivity index (χ0n) is 6.85. The summed E-state index contributed by atoms with van der Waals surface area (Å²) in [5, 5.41) is 0. The first-order valence-electron chi connectivity index (χ1n) is 3.31. The molecule has 0 aliphatic heterocycles. The second-order valence-electron chi connectivity index (χ2n) is 1.31. The molecule has 0 atom stereocenters. The van der Waals surface area contributed by atoms with Crippen LogP contribution in [0.5, 0.6) is 0 Å². The first-order chi connectivity index (χ1) is 4.72. The number of primary amides is 1. The van der Waals surface area contributed by atoms with Crippen molar-refractivity contribution in [3.05, 3.63) is 24.3 Å². The molecule has 0 radical (unpaired) electrons. The molecule has 0 aromatic carbocycles. The molecule has 2 N–H and O–H groups in total. The molecule has 0 fully saturated rings. The Labute approximate surface area is 62.4 Å². The maximum atomic E-state index is 10.2. The molecule has 58 valence electrons. The van der Waals surface area contributed by atoms with Crippen LogP contribution in [-0.2, 0) is 4.79 Å². The molecule has 0 rings (SSSR count). The predicted octanol–water partition coefficient (Wildman–Crippen LogP) is 1.63. The molecule has 0 bridgehead atoms. The van der Waals surface area contributed by atoms with E-state index in [-0.39, 0.29) is 0 Å². The van der Waals surface area contributed by atoms with Gasteiger partial charge in [0.2, 0.25) is 5.91 Å². The number of carbonyl (C=O) groups is 1. The van der Waals surface area contributed by atoms with Crippen LogP contribution in [0.15, 0.2) is 24.3 Å². The summed E-state index contributed by atoms with van der Waals surface area (Å²) in [6.45, 7) is 9.12. The third-order valence-electron chi connectivity index (χ3n) is 0.815. The van der Waals surface area contributed by atoms with Gasteiger partial charge in [0.1, 0.15) is 0 Å². The van der Waals surface area contributed by atoms with Crippen LogP contribution in [-0.4, -0.2) is 5.91 Å². The van der Waals surface area contributed by atoms with E-state index in [4.69, 9.17) is 5.73 Å². The minimum absolute atomic E-state index is 0.428. The van der Waals surface area contributed by atoms with Gasteiger partial charge in [-0.25, -0.2) is 0 Å². The topological polar surface area (TPSA) is 43.1 Å². The van der Waals surface area contributed by atoms with Gasteiger partial charge in [-0.3, -0.25) is 4.79 Å². The van der Waals surface area contributed by atoms with E-state index in [1.807, 2.05) is 13.8 Å². The van der Waals surface area contributed by atoms with E-state index in [0.717, 1.165) is 0 Å². The van der Waals surface area contributed by atoms with Crippen LogP contribution in [0, 0.1) is 0 Å². The van der Waals surface area contributed by atoms with Crippen molar-refractivity contribution in [2.45, 2.75) is 20.8 Å². The number of carbonyl (C=O) groups excluding carboxylic acids is 1. The molecule has 1 amide bonds. The van der Waals surface area contributed by atoms with E-state index in [2.05, 4.69) is 6.58 Å². The van der Waals surface area contributed by atoms with E-state index in [0.29, 0.717) is 5.57 Å². The lowest BCUT2D eigenvalue weighted by Gasteiger charge is -1.88. The molecule has 0 unspecified atom stereocenters. The molecule has 2 nitrogen and oxygen atoms in total. The van der Waals surface area contributed by atoms with Crippen molar-refractivity contribution in [3.63, 3.8) is 0 Å². The third kappa shape index (κ3) is 5.09. The molecule has 2 heteroatoms. The molecule has 10 heavy (non-hydrogen) atoms. The van der Waals surface area contributed by atoms with Crippen LogP contribution >= 0.6 is 0 Å². The summed E-state index contributed by atoms with van der Waals surface area (Å²) in [6, 6.07) is 0. The second kappa shape index (κ2) is 7.95. The molecule has 0 spiro atoms. The Bertz CT molecular complexity index is 136. The maximum Gasteiger partial charge on any atom is 0.248 e. The Hall–Kier alpha value is -1.05. The van der Waals surface area contributed by atoms with Crippen LogP contribution in [0.1, 0.15) is 20.8 Å². The van der Waals surface area contributed by atoms with Crippen molar-refractivity contribution in [1.82, 2.24) is 0 Å². The first kappa shape index (κ1) is 11.7. The average molecular weight is 141 g/mol. The molecular weight excluding hydrogens is 126 g/mol. The maximum absolute atomic E-state index is 10.2. The molecule has 0 aromatic rings. The summed E-state index contributed by atoms with van der Waals surface area (Å²) in [4.78, 5) is 10.2. The Morgan fingerprint density at radius 3 is 1.90 bits per heavy atom. The van der Waals surface area contributed by atoms with E-state index >= 15 is 0 Å². The van der Waals surface area contributed by atoms with Crippen molar-refractivity contribution in [1.29, 1.82) is 0 Å². The van der Waals surface area contributed by atoms with Crippen molar-refractivity contribution in [2.75, 3.05) is 0 Å². The molecule has 0 heterocycles. The monoisotopic (exact) mass is 141 g/mol. The fourth-order valence-electron chi connectivity index (χ4n) is 0.361. The molecule has 0 aliphatic carbocycles. The lowest BCUT2D eigenvalue weighted by Crippen LogP contribution is -2.11. The number of nitrogens with two attached hydrogens (primary N) is 1. The van der Waals surface area contributed by atoms with Gasteiger partial charge in [0.15, 0.2) is 0 Å². The Morgan fingerprint density at radius 2 is 1.90 bits per heavy atom. The normalized spacial score (nSPS) is 9.30. The van der Waals surface area contributed by atoms with Gasteiger partial charge in [-0.2, -0.15) is 0 Å². The van der Waals surface area contributed by atoms with Crippen LogP contribution in [0.4, 0.5) is 0 Å². The largest absolute Gasteiger partial charge is 0.366 e. The van der Waals surface area contributed by atoms with Gasteiger partial charge in [0.25, 0.3) is 0 Å². The summed E-state index contributed by atoms with van der Waals surface area (Å²) >= 11 is 0. The first-order valence-corrected chi connectivity index (χ1v) is 3.31. The zero-order chi connectivity index (χ0) is 8.57. The van der Waals surface area contributed by atoms with Gasteiger partial charge < -0.3 is 5.73 Å². The summed E-state index contributed by atoms with van der Waals surface area (Å²) in [6.07, 6.45) is 3.05. The van der Waals surface area contributed by atoms with Gasteiger partial charge in [0.05, 0.1) is 0 Å². The molecule has 0 aromatic heterocycles. The van der Waals surface area contributed by atoms with Crippen molar-refractivity contribution in [2.24, 2.45) is 5.73 Å². The molecule has 0 saturated carbocycles. The summed E-state index contributed by atoms with van der Waals surface area (Å²) in [5.41, 5.74) is 5.34. The van der Waals surface area contributed by atoms with E-state index in [1.54, 1.807) is 13.0 Å². The van der Waals surface area contributed by atoms with Gasteiger partial charge in [-0.1, -0.05) is 32.6 Å². The smallest absolute Gasteiger partial charge is 0.248 e. The van der Waals surface area contributed by atoms with Crippen molar-refractivity contribution >= 4 is 5.91 Å². The lowest BCUT2D eigenvalue weighted by molar-refractivity contribution is -0.114. The van der Waals surface area contributed by atoms with Crippen LogP contribution in [0.2, 0.25) is 0 Å². The number of rotatable bonds is 2. The number of allylic oxidation sites excluding steroid dienone is 1. The van der Waals surface area contributed by atoms with Crippen LogP contribution in [0.3, 0.4) is 0 Å². The average Bonchev–Trinajstić information content (AvgIpc) is 1.94. The van der Waals surface area contributed by atoms with Crippen molar-refractivity contribution < 1.29 is 4.79 Å². The quantitative estimate of drug-likeness (QED) is 0.461. The Kier molecular flexibility index (Phi) is 9.31. The fourth-order valence-corrected chi connectivity index (χ4v) is 0.361. The van der Waals surface area contributed by atoms with Crippen molar-refractivity contribution in [3.8, 4) is 0 Å². The van der Waals surface area contributed by atoms with Crippen LogP contribution < -0.4 is 5.73 Å². The minimum Gasteiger partial charge on any atom is -0.366 e. The highest BCUT2D eigenvalue weighted by atomic mass is 16.1. The summed E-state index contributed by atoms with van der Waals surface area (Å²) in [5.74, 6) is -0.428. The zero-order valence-corrected chi connectivity index (χ0v) is 6.85. The predicted molar refractivity (Wildman–Crippen MR) is 44.5 cm³/mol. The number of hydrogen-bond donors (Lipinski definition) is 1. The Morgan fingerprint density at radius 1 is 1.50 bits per heavy atom. The van der Waals surface area contributed by atoms with Gasteiger partial charge in [-0.15, -0.1) is 0 Å². The van der Waals surface area contributed by atoms with Gasteiger partial charge in [0, 0.05) is 5.57 Å². The Balaban J connectivity index is 0. The number of amides is 1. The second-order valence-corrected chi connectivity index (χ2v) is 1.31. The van der Waals surface area contributed by atoms with E-state index in [1.165, 1.54) is 6.08 Å². The minimum atomic E-state index is -0.428.